The Morgan fingerprint density at radius 1 is 1.21 bits per heavy atom. The third-order valence-corrected chi connectivity index (χ3v) is 4.94. The molecule has 1 aromatic rings. The van der Waals surface area contributed by atoms with E-state index in [9.17, 15) is 8.42 Å². The van der Waals surface area contributed by atoms with Crippen molar-refractivity contribution >= 4 is 15.8 Å². The predicted molar refractivity (Wildman–Crippen MR) is 74.2 cm³/mol. The van der Waals surface area contributed by atoms with Crippen molar-refractivity contribution < 1.29 is 8.42 Å². The number of hydrogen-bond acceptors (Lipinski definition) is 5. The van der Waals surface area contributed by atoms with Gasteiger partial charge in [-0.2, -0.15) is 0 Å². The first-order valence-electron chi connectivity index (χ1n) is 6.40. The van der Waals surface area contributed by atoms with Crippen molar-refractivity contribution in [3.05, 3.63) is 18.3 Å². The number of nitrogens with one attached hydrogen (secondary N) is 1. The van der Waals surface area contributed by atoms with E-state index in [0.717, 1.165) is 13.1 Å². The quantitative estimate of drug-likeness (QED) is 0.898. The summed E-state index contributed by atoms with van der Waals surface area (Å²) >= 11 is 0. The smallest absolute Gasteiger partial charge is 0.244 e. The van der Waals surface area contributed by atoms with Crippen LogP contribution < -0.4 is 5.43 Å². The Kier molecular flexibility index (Phi) is 4.38. The van der Waals surface area contributed by atoms with Crippen molar-refractivity contribution in [3.63, 3.8) is 0 Å². The van der Waals surface area contributed by atoms with E-state index in [-0.39, 0.29) is 4.90 Å². The predicted octanol–water partition coefficient (Wildman–Crippen LogP) is 1.14. The first-order chi connectivity index (χ1) is 9.00. The maximum absolute atomic E-state index is 11.9. The van der Waals surface area contributed by atoms with Crippen LogP contribution in [0, 0.1) is 0 Å². The van der Waals surface area contributed by atoms with Crippen LogP contribution >= 0.6 is 0 Å². The number of anilines is 1. The number of rotatable bonds is 4. The summed E-state index contributed by atoms with van der Waals surface area (Å²) in [7, 11) is -0.379. The molecule has 2 rings (SSSR count). The average molecular weight is 284 g/mol. The van der Waals surface area contributed by atoms with Crippen molar-refractivity contribution in [1.82, 2.24) is 14.3 Å². The third kappa shape index (κ3) is 3.43. The fraction of sp³-hybridized carbons (Fsp3) is 0.583. The highest BCUT2D eigenvalue weighted by Gasteiger charge is 2.17. The molecule has 0 bridgehead atoms. The Morgan fingerprint density at radius 2 is 1.89 bits per heavy atom. The Hall–Kier alpha value is -1.18. The number of hydrogen-bond donors (Lipinski definition) is 1. The zero-order valence-electron chi connectivity index (χ0n) is 11.3. The first-order valence-corrected chi connectivity index (χ1v) is 7.84. The largest absolute Gasteiger partial charge is 0.303 e. The molecule has 19 heavy (non-hydrogen) atoms. The summed E-state index contributed by atoms with van der Waals surface area (Å²) in [6.07, 6.45) is 5.02. The molecule has 2 heterocycles. The van der Waals surface area contributed by atoms with Gasteiger partial charge in [0.15, 0.2) is 0 Å². The topological polar surface area (TPSA) is 65.5 Å². The standard InChI is InChI=1S/C12H20N4O2S/c1-15(2)19(17,18)11-6-7-12(13-10-11)14-16-8-4-3-5-9-16/h6-7,10H,3-5,8-9H2,1-2H3,(H,13,14). The number of sulfonamides is 1. The van der Waals surface area contributed by atoms with Crippen LogP contribution in [-0.2, 0) is 10.0 Å². The van der Waals surface area contributed by atoms with Crippen LogP contribution in [0.25, 0.3) is 0 Å². The lowest BCUT2D eigenvalue weighted by atomic mass is 10.2. The lowest BCUT2D eigenvalue weighted by Gasteiger charge is -2.27. The van der Waals surface area contributed by atoms with Gasteiger partial charge in [0.25, 0.3) is 0 Å². The molecule has 0 unspecified atom stereocenters. The van der Waals surface area contributed by atoms with Crippen molar-refractivity contribution in [2.24, 2.45) is 0 Å². The van der Waals surface area contributed by atoms with E-state index in [2.05, 4.69) is 15.4 Å². The number of aromatic nitrogens is 1. The van der Waals surface area contributed by atoms with E-state index in [1.165, 1.54) is 43.9 Å². The molecule has 0 radical (unpaired) electrons. The SMILES string of the molecule is CN(C)S(=O)(=O)c1ccc(NN2CCCCC2)nc1. The highest BCUT2D eigenvalue weighted by molar-refractivity contribution is 7.89. The molecule has 0 atom stereocenters. The monoisotopic (exact) mass is 284 g/mol. The molecule has 106 valence electrons. The van der Waals surface area contributed by atoms with Crippen LogP contribution in [-0.4, -0.2) is 49.9 Å². The molecule has 0 spiro atoms. The molecule has 1 aliphatic heterocycles. The van der Waals surface area contributed by atoms with E-state index < -0.39 is 10.0 Å². The molecular formula is C12H20N4O2S. The van der Waals surface area contributed by atoms with Gasteiger partial charge < -0.3 is 5.43 Å². The molecule has 1 N–H and O–H groups in total. The van der Waals surface area contributed by atoms with Crippen molar-refractivity contribution in [3.8, 4) is 0 Å². The summed E-state index contributed by atoms with van der Waals surface area (Å²) in [5.41, 5.74) is 3.20. The molecule has 1 aromatic heterocycles. The molecule has 0 aliphatic carbocycles. The maximum atomic E-state index is 11.9. The average Bonchev–Trinajstić information content (AvgIpc) is 2.40. The summed E-state index contributed by atoms with van der Waals surface area (Å²) in [6, 6.07) is 3.28. The van der Waals surface area contributed by atoms with E-state index in [4.69, 9.17) is 0 Å². The molecule has 1 saturated heterocycles. The lowest BCUT2D eigenvalue weighted by molar-refractivity contribution is 0.272. The van der Waals surface area contributed by atoms with Crippen molar-refractivity contribution in [1.29, 1.82) is 0 Å². The van der Waals surface area contributed by atoms with Gasteiger partial charge in [-0.1, -0.05) is 6.42 Å². The van der Waals surface area contributed by atoms with Crippen molar-refractivity contribution in [2.75, 3.05) is 32.6 Å². The van der Waals surface area contributed by atoms with Crippen LogP contribution in [0.5, 0.6) is 0 Å². The fourth-order valence-electron chi connectivity index (χ4n) is 1.98. The van der Waals surface area contributed by atoms with Crippen LogP contribution in [0.4, 0.5) is 5.82 Å². The maximum Gasteiger partial charge on any atom is 0.244 e. The van der Waals surface area contributed by atoms with Crippen molar-refractivity contribution in [2.45, 2.75) is 24.2 Å². The Bertz CT molecular complexity index is 507. The van der Waals surface area contributed by atoms with Gasteiger partial charge in [-0.25, -0.2) is 22.7 Å². The second-order valence-electron chi connectivity index (χ2n) is 4.83. The summed E-state index contributed by atoms with van der Waals surface area (Å²) in [4.78, 5) is 4.37. The van der Waals surface area contributed by atoms with Crippen LogP contribution in [0.1, 0.15) is 19.3 Å². The van der Waals surface area contributed by atoms with E-state index >= 15 is 0 Å². The summed E-state index contributed by atoms with van der Waals surface area (Å²) in [5.74, 6) is 0.680. The summed E-state index contributed by atoms with van der Waals surface area (Å²) in [5, 5.41) is 2.12. The van der Waals surface area contributed by atoms with Gasteiger partial charge in [-0.3, -0.25) is 0 Å². The minimum atomic E-state index is -3.40. The van der Waals surface area contributed by atoms with Gasteiger partial charge in [-0.15, -0.1) is 0 Å². The fourth-order valence-corrected chi connectivity index (χ4v) is 2.83. The second kappa shape index (κ2) is 5.85. The minimum absolute atomic E-state index is 0.210. The zero-order valence-corrected chi connectivity index (χ0v) is 12.2. The molecule has 6 nitrogen and oxygen atoms in total. The van der Waals surface area contributed by atoms with E-state index in [0.29, 0.717) is 5.82 Å². The van der Waals surface area contributed by atoms with Gasteiger partial charge in [-0.05, 0) is 25.0 Å². The highest BCUT2D eigenvalue weighted by atomic mass is 32.2. The van der Waals surface area contributed by atoms with E-state index in [1.54, 1.807) is 12.1 Å². The van der Waals surface area contributed by atoms with Crippen LogP contribution in [0.15, 0.2) is 23.2 Å². The summed E-state index contributed by atoms with van der Waals surface area (Å²) < 4.78 is 25.0. The summed E-state index contributed by atoms with van der Waals surface area (Å²) in [6.45, 7) is 2.00. The molecule has 7 heteroatoms. The molecular weight excluding hydrogens is 264 g/mol. The highest BCUT2D eigenvalue weighted by Crippen LogP contribution is 2.15. The number of nitrogens with zero attached hydrogens (tertiary/aromatic N) is 3. The van der Waals surface area contributed by atoms with Crippen LogP contribution in [0.3, 0.4) is 0 Å². The lowest BCUT2D eigenvalue weighted by Crippen LogP contribution is -2.35. The Labute approximate surface area is 114 Å². The van der Waals surface area contributed by atoms with Gasteiger partial charge in [0.05, 0.1) is 0 Å². The minimum Gasteiger partial charge on any atom is -0.303 e. The molecule has 0 amide bonds. The molecule has 1 fully saturated rings. The number of piperidine rings is 1. The Balaban J connectivity index is 2.06. The molecule has 0 saturated carbocycles. The van der Waals surface area contributed by atoms with Gasteiger partial charge in [0.2, 0.25) is 10.0 Å². The van der Waals surface area contributed by atoms with Gasteiger partial charge in [0.1, 0.15) is 10.7 Å². The third-order valence-electron chi connectivity index (χ3n) is 3.14. The van der Waals surface area contributed by atoms with Gasteiger partial charge >= 0.3 is 0 Å². The number of pyridine rings is 1. The second-order valence-corrected chi connectivity index (χ2v) is 6.98. The zero-order chi connectivity index (χ0) is 13.9. The molecule has 1 aliphatic rings. The van der Waals surface area contributed by atoms with E-state index in [1.807, 2.05) is 0 Å². The van der Waals surface area contributed by atoms with Gasteiger partial charge in [0, 0.05) is 33.4 Å². The first kappa shape index (κ1) is 14.2. The van der Waals surface area contributed by atoms with Crippen LogP contribution in [0.2, 0.25) is 0 Å². The Morgan fingerprint density at radius 3 is 2.42 bits per heavy atom. The number of hydrazine groups is 1. The molecule has 0 aromatic carbocycles. The normalized spacial score (nSPS) is 17.6.